The molecule has 4 nitrogen and oxygen atoms in total. The number of fused-ring (bicyclic) bond motifs is 1. The van der Waals surface area contributed by atoms with E-state index in [1.54, 1.807) is 0 Å². The van der Waals surface area contributed by atoms with Crippen molar-refractivity contribution >= 4 is 28.2 Å². The van der Waals surface area contributed by atoms with Crippen LogP contribution in [0.15, 0.2) is 18.3 Å². The third kappa shape index (κ3) is 1.61. The summed E-state index contributed by atoms with van der Waals surface area (Å²) in [5.74, 6) is 0.781. The van der Waals surface area contributed by atoms with E-state index in [2.05, 4.69) is 32.8 Å². The van der Waals surface area contributed by atoms with Gasteiger partial charge in [0.1, 0.15) is 0 Å². The second kappa shape index (κ2) is 3.16. The Morgan fingerprint density at radius 3 is 2.79 bits per heavy atom. The first-order valence-corrected chi connectivity index (χ1v) is 5.36. The zero-order chi connectivity index (χ0) is 10.3. The van der Waals surface area contributed by atoms with Crippen molar-refractivity contribution in [3.8, 4) is 0 Å². The van der Waals surface area contributed by atoms with Crippen LogP contribution in [0.5, 0.6) is 0 Å². The number of pyridine rings is 1. The van der Waals surface area contributed by atoms with Crippen LogP contribution in [0.25, 0.3) is 5.65 Å². The normalized spacial score (nSPS) is 12.3. The molecule has 2 rings (SSSR count). The van der Waals surface area contributed by atoms with Gasteiger partial charge in [-0.25, -0.2) is 0 Å². The molecule has 0 aliphatic heterocycles. The fraction of sp³-hybridized carbons (Fsp3) is 0.333. The fourth-order valence-electron chi connectivity index (χ4n) is 1.31. The average Bonchev–Trinajstić information content (AvgIpc) is 2.45. The van der Waals surface area contributed by atoms with Crippen LogP contribution in [-0.2, 0) is 5.54 Å². The predicted octanol–water partition coefficient (Wildman–Crippen LogP) is 1.53. The monoisotopic (exact) mass is 302 g/mol. The molecule has 0 saturated heterocycles. The Morgan fingerprint density at radius 1 is 1.43 bits per heavy atom. The van der Waals surface area contributed by atoms with Crippen molar-refractivity contribution in [2.24, 2.45) is 5.73 Å². The van der Waals surface area contributed by atoms with Crippen molar-refractivity contribution in [3.63, 3.8) is 0 Å². The van der Waals surface area contributed by atoms with Gasteiger partial charge in [0, 0.05) is 9.77 Å². The number of nitrogens with two attached hydrogens (primary N) is 1. The van der Waals surface area contributed by atoms with E-state index in [4.69, 9.17) is 5.73 Å². The lowest BCUT2D eigenvalue weighted by Crippen LogP contribution is -2.31. The lowest BCUT2D eigenvalue weighted by Gasteiger charge is -2.15. The summed E-state index contributed by atoms with van der Waals surface area (Å²) >= 11 is 2.25. The van der Waals surface area contributed by atoms with Gasteiger partial charge in [-0.1, -0.05) is 0 Å². The van der Waals surface area contributed by atoms with Crippen molar-refractivity contribution < 1.29 is 0 Å². The molecule has 0 aliphatic rings. The molecule has 14 heavy (non-hydrogen) atoms. The highest BCUT2D eigenvalue weighted by Gasteiger charge is 2.20. The van der Waals surface area contributed by atoms with Gasteiger partial charge in [-0.3, -0.25) is 4.40 Å². The second-order valence-corrected chi connectivity index (χ2v) is 5.06. The van der Waals surface area contributed by atoms with Crippen LogP contribution in [0.3, 0.4) is 0 Å². The van der Waals surface area contributed by atoms with Crippen LogP contribution in [0.2, 0.25) is 0 Å². The summed E-state index contributed by atoms with van der Waals surface area (Å²) in [6, 6.07) is 3.98. The fourth-order valence-corrected chi connectivity index (χ4v) is 1.74. The Hall–Kier alpha value is -0.690. The molecule has 0 bridgehead atoms. The largest absolute Gasteiger partial charge is 0.319 e. The van der Waals surface area contributed by atoms with E-state index < -0.39 is 5.54 Å². The Kier molecular flexibility index (Phi) is 2.23. The van der Waals surface area contributed by atoms with Crippen LogP contribution in [0.4, 0.5) is 0 Å². The van der Waals surface area contributed by atoms with Crippen molar-refractivity contribution in [1.29, 1.82) is 0 Å². The number of nitrogens with zero attached hydrogens (tertiary/aromatic N) is 3. The maximum Gasteiger partial charge on any atom is 0.161 e. The molecule has 0 aliphatic carbocycles. The number of hydrogen-bond acceptors (Lipinski definition) is 3. The minimum atomic E-state index is -0.466. The van der Waals surface area contributed by atoms with Gasteiger partial charge in [0.25, 0.3) is 0 Å². The predicted molar refractivity (Wildman–Crippen MR) is 62.9 cm³/mol. The lowest BCUT2D eigenvalue weighted by molar-refractivity contribution is 0.508. The molecule has 0 spiro atoms. The summed E-state index contributed by atoms with van der Waals surface area (Å²) in [4.78, 5) is 0. The van der Waals surface area contributed by atoms with Gasteiger partial charge in [-0.2, -0.15) is 0 Å². The Balaban J connectivity index is 2.70. The zero-order valence-electron chi connectivity index (χ0n) is 8.03. The Bertz CT molecular complexity index is 469. The lowest BCUT2D eigenvalue weighted by atomic mass is 10.1. The molecule has 0 unspecified atom stereocenters. The van der Waals surface area contributed by atoms with E-state index in [1.165, 1.54) is 0 Å². The maximum absolute atomic E-state index is 5.98. The van der Waals surface area contributed by atoms with Crippen molar-refractivity contribution in [2.45, 2.75) is 19.4 Å². The summed E-state index contributed by atoms with van der Waals surface area (Å²) in [6.45, 7) is 3.84. The van der Waals surface area contributed by atoms with Gasteiger partial charge < -0.3 is 5.73 Å². The molecule has 0 fully saturated rings. The topological polar surface area (TPSA) is 56.2 Å². The summed E-state index contributed by atoms with van der Waals surface area (Å²) in [6.07, 6.45) is 1.95. The third-order valence-electron chi connectivity index (χ3n) is 1.95. The zero-order valence-corrected chi connectivity index (χ0v) is 10.2. The quantitative estimate of drug-likeness (QED) is 0.813. The van der Waals surface area contributed by atoms with Gasteiger partial charge in [-0.05, 0) is 48.6 Å². The Morgan fingerprint density at radius 2 is 2.14 bits per heavy atom. The minimum absolute atomic E-state index is 0.466. The molecule has 0 atom stereocenters. The molecule has 0 aromatic carbocycles. The van der Waals surface area contributed by atoms with Crippen LogP contribution in [0, 0.1) is 3.57 Å². The van der Waals surface area contributed by atoms with Crippen LogP contribution in [0.1, 0.15) is 19.7 Å². The summed E-state index contributed by atoms with van der Waals surface area (Å²) in [5, 5.41) is 8.17. The van der Waals surface area contributed by atoms with Gasteiger partial charge in [0.15, 0.2) is 11.5 Å². The van der Waals surface area contributed by atoms with Crippen LogP contribution >= 0.6 is 22.6 Å². The molecule has 0 amide bonds. The summed E-state index contributed by atoms with van der Waals surface area (Å²) < 4.78 is 3.06. The van der Waals surface area contributed by atoms with Crippen molar-refractivity contribution in [2.75, 3.05) is 0 Å². The number of halogens is 1. The van der Waals surface area contributed by atoms with E-state index in [0.717, 1.165) is 15.0 Å². The SMILES string of the molecule is CC(C)(N)c1nnc2cc(I)ccn12. The standard InChI is InChI=1S/C9H11IN4/c1-9(2,11)8-13-12-7-5-6(10)3-4-14(7)8/h3-5H,11H2,1-2H3. The maximum atomic E-state index is 5.98. The summed E-state index contributed by atoms with van der Waals surface area (Å²) in [5.41, 5.74) is 6.35. The highest BCUT2D eigenvalue weighted by atomic mass is 127. The smallest absolute Gasteiger partial charge is 0.161 e. The third-order valence-corrected chi connectivity index (χ3v) is 2.62. The number of rotatable bonds is 1. The van der Waals surface area contributed by atoms with E-state index >= 15 is 0 Å². The van der Waals surface area contributed by atoms with E-state index in [0.29, 0.717) is 0 Å². The highest BCUT2D eigenvalue weighted by Crippen LogP contribution is 2.16. The van der Waals surface area contributed by atoms with Gasteiger partial charge in [0.2, 0.25) is 0 Å². The molecule has 2 aromatic rings. The van der Waals surface area contributed by atoms with Gasteiger partial charge >= 0.3 is 0 Å². The second-order valence-electron chi connectivity index (χ2n) is 3.82. The number of hydrogen-bond donors (Lipinski definition) is 1. The van der Waals surface area contributed by atoms with Gasteiger partial charge in [0.05, 0.1) is 5.54 Å². The molecular formula is C9H11IN4. The first-order chi connectivity index (χ1) is 6.48. The average molecular weight is 302 g/mol. The highest BCUT2D eigenvalue weighted by molar-refractivity contribution is 14.1. The molecule has 0 saturated carbocycles. The summed E-state index contributed by atoms with van der Waals surface area (Å²) in [7, 11) is 0. The molecule has 5 heteroatoms. The number of aromatic nitrogens is 3. The minimum Gasteiger partial charge on any atom is -0.319 e. The van der Waals surface area contributed by atoms with Crippen molar-refractivity contribution in [1.82, 2.24) is 14.6 Å². The molecule has 2 N–H and O–H groups in total. The molecule has 74 valence electrons. The van der Waals surface area contributed by atoms with Gasteiger partial charge in [-0.15, -0.1) is 10.2 Å². The molecule has 2 aromatic heterocycles. The van der Waals surface area contributed by atoms with Crippen LogP contribution in [-0.4, -0.2) is 14.6 Å². The first kappa shape index (κ1) is 9.85. The van der Waals surface area contributed by atoms with Crippen LogP contribution < -0.4 is 5.73 Å². The molecular weight excluding hydrogens is 291 g/mol. The van der Waals surface area contributed by atoms with E-state index in [9.17, 15) is 0 Å². The Labute approximate surface area is 95.7 Å². The first-order valence-electron chi connectivity index (χ1n) is 4.28. The molecule has 0 radical (unpaired) electrons. The van der Waals surface area contributed by atoms with Crippen molar-refractivity contribution in [3.05, 3.63) is 27.7 Å². The van der Waals surface area contributed by atoms with E-state index in [-0.39, 0.29) is 0 Å². The van der Waals surface area contributed by atoms with E-state index in [1.807, 2.05) is 36.6 Å². The molecule has 2 heterocycles.